The molecule has 0 atom stereocenters. The highest BCUT2D eigenvalue weighted by Gasteiger charge is 2.23. The quantitative estimate of drug-likeness (QED) is 0.584. The van der Waals surface area contributed by atoms with Crippen molar-refractivity contribution in [1.29, 1.82) is 0 Å². The number of halogens is 3. The standard InChI is InChI=1S/C12H11Cl2FN2O6/c13-8-10(16)9(14)12(17-11(8)15)22-3-6(18)21-4-7(19)23-5-1-20-2-5/h5H,1-4H2,(H2,16,17). The fourth-order valence-corrected chi connectivity index (χ4v) is 1.79. The lowest BCUT2D eigenvalue weighted by Crippen LogP contribution is -2.39. The van der Waals surface area contributed by atoms with Gasteiger partial charge >= 0.3 is 11.9 Å². The van der Waals surface area contributed by atoms with E-state index >= 15 is 0 Å². The zero-order valence-corrected chi connectivity index (χ0v) is 13.0. The Morgan fingerprint density at radius 1 is 1.26 bits per heavy atom. The first-order valence-electron chi connectivity index (χ1n) is 6.24. The molecule has 0 unspecified atom stereocenters. The lowest BCUT2D eigenvalue weighted by atomic mass is 10.3. The van der Waals surface area contributed by atoms with Crippen molar-refractivity contribution < 1.29 is 32.9 Å². The van der Waals surface area contributed by atoms with Crippen molar-refractivity contribution in [3.05, 3.63) is 16.0 Å². The predicted molar refractivity (Wildman–Crippen MR) is 75.8 cm³/mol. The van der Waals surface area contributed by atoms with Crippen LogP contribution in [0.25, 0.3) is 0 Å². The summed E-state index contributed by atoms with van der Waals surface area (Å²) in [4.78, 5) is 26.0. The number of carbonyl (C=O) groups is 2. The molecule has 1 saturated heterocycles. The molecule has 2 heterocycles. The highest BCUT2D eigenvalue weighted by molar-refractivity contribution is 6.39. The largest absolute Gasteiger partial charge is 0.464 e. The summed E-state index contributed by atoms with van der Waals surface area (Å²) in [5.74, 6) is -3.14. The number of hydrogen-bond acceptors (Lipinski definition) is 8. The first-order valence-corrected chi connectivity index (χ1v) is 6.99. The van der Waals surface area contributed by atoms with Gasteiger partial charge in [-0.05, 0) is 0 Å². The Bertz CT molecular complexity index is 626. The van der Waals surface area contributed by atoms with Gasteiger partial charge in [0.05, 0.1) is 18.9 Å². The van der Waals surface area contributed by atoms with Crippen LogP contribution in [0.2, 0.25) is 10.0 Å². The molecular formula is C12H11Cl2FN2O6. The number of anilines is 1. The van der Waals surface area contributed by atoms with Crippen LogP contribution in [-0.4, -0.2) is 49.5 Å². The van der Waals surface area contributed by atoms with Gasteiger partial charge in [-0.2, -0.15) is 9.37 Å². The fraction of sp³-hybridized carbons (Fsp3) is 0.417. The Balaban J connectivity index is 1.79. The van der Waals surface area contributed by atoms with Crippen molar-refractivity contribution in [2.45, 2.75) is 6.10 Å². The normalized spacial score (nSPS) is 14.0. The molecule has 0 spiro atoms. The number of aromatic nitrogens is 1. The smallest absolute Gasteiger partial charge is 0.344 e. The van der Waals surface area contributed by atoms with E-state index < -0.39 is 42.0 Å². The second-order valence-corrected chi connectivity index (χ2v) is 5.10. The number of rotatable bonds is 6. The molecule has 0 bridgehead atoms. The van der Waals surface area contributed by atoms with Crippen LogP contribution in [0.4, 0.5) is 10.1 Å². The van der Waals surface area contributed by atoms with Crippen molar-refractivity contribution in [3.8, 4) is 5.88 Å². The molecule has 2 rings (SSSR count). The molecule has 2 N–H and O–H groups in total. The second-order valence-electron chi connectivity index (χ2n) is 4.35. The lowest BCUT2D eigenvalue weighted by Gasteiger charge is -2.25. The predicted octanol–water partition coefficient (Wildman–Crippen LogP) is 0.974. The lowest BCUT2D eigenvalue weighted by molar-refractivity contribution is -0.179. The number of esters is 2. The molecule has 1 aliphatic heterocycles. The van der Waals surface area contributed by atoms with Crippen LogP contribution >= 0.6 is 23.2 Å². The van der Waals surface area contributed by atoms with E-state index in [1.165, 1.54) is 0 Å². The van der Waals surface area contributed by atoms with Gasteiger partial charge < -0.3 is 24.7 Å². The van der Waals surface area contributed by atoms with Gasteiger partial charge in [0, 0.05) is 0 Å². The van der Waals surface area contributed by atoms with E-state index in [9.17, 15) is 14.0 Å². The summed E-state index contributed by atoms with van der Waals surface area (Å²) in [6.45, 7) is -0.614. The van der Waals surface area contributed by atoms with Gasteiger partial charge in [-0.25, -0.2) is 9.59 Å². The Hall–Kier alpha value is -1.84. The van der Waals surface area contributed by atoms with E-state index in [0.717, 1.165) is 0 Å². The van der Waals surface area contributed by atoms with Gasteiger partial charge in [-0.3, -0.25) is 0 Å². The fourth-order valence-electron chi connectivity index (χ4n) is 1.42. The van der Waals surface area contributed by atoms with Gasteiger partial charge in [0.25, 0.3) is 0 Å². The zero-order chi connectivity index (χ0) is 17.0. The molecule has 8 nitrogen and oxygen atoms in total. The molecule has 1 aromatic heterocycles. The van der Waals surface area contributed by atoms with Crippen molar-refractivity contribution >= 4 is 40.8 Å². The van der Waals surface area contributed by atoms with Crippen LogP contribution in [0.5, 0.6) is 5.88 Å². The minimum absolute atomic E-state index is 0.242. The summed E-state index contributed by atoms with van der Waals surface area (Å²) in [7, 11) is 0. The topological polar surface area (TPSA) is 110 Å². The maximum atomic E-state index is 13.3. The number of nitrogens with zero attached hydrogens (tertiary/aromatic N) is 1. The summed E-state index contributed by atoms with van der Waals surface area (Å²) >= 11 is 11.3. The average Bonchev–Trinajstić information content (AvgIpc) is 2.49. The van der Waals surface area contributed by atoms with Gasteiger partial charge in [-0.15, -0.1) is 0 Å². The Kier molecular flexibility index (Phi) is 5.80. The number of nitrogens with two attached hydrogens (primary N) is 1. The van der Waals surface area contributed by atoms with E-state index in [1.54, 1.807) is 0 Å². The minimum atomic E-state index is -1.09. The third-order valence-corrected chi connectivity index (χ3v) is 3.35. The minimum Gasteiger partial charge on any atom is -0.464 e. The average molecular weight is 369 g/mol. The van der Waals surface area contributed by atoms with Crippen molar-refractivity contribution in [2.24, 2.45) is 0 Å². The zero-order valence-electron chi connectivity index (χ0n) is 11.5. The Labute approximate surface area is 139 Å². The third-order valence-electron chi connectivity index (χ3n) is 2.62. The SMILES string of the molecule is Nc1c(Cl)c(F)nc(OCC(=O)OCC(=O)OC2COC2)c1Cl. The van der Waals surface area contributed by atoms with Crippen LogP contribution in [0.1, 0.15) is 0 Å². The number of ether oxygens (including phenoxy) is 4. The van der Waals surface area contributed by atoms with Crippen LogP contribution in [-0.2, 0) is 23.8 Å². The Morgan fingerprint density at radius 3 is 2.57 bits per heavy atom. The summed E-state index contributed by atoms with van der Waals surface area (Å²) in [5.41, 5.74) is 5.17. The van der Waals surface area contributed by atoms with Crippen LogP contribution in [0.15, 0.2) is 0 Å². The molecule has 0 aromatic carbocycles. The molecule has 0 radical (unpaired) electrons. The second kappa shape index (κ2) is 7.62. The van der Waals surface area contributed by atoms with E-state index in [0.29, 0.717) is 13.2 Å². The van der Waals surface area contributed by atoms with E-state index in [4.69, 9.17) is 43.1 Å². The van der Waals surface area contributed by atoms with Crippen LogP contribution in [0, 0.1) is 5.95 Å². The number of carbonyl (C=O) groups excluding carboxylic acids is 2. The van der Waals surface area contributed by atoms with Crippen molar-refractivity contribution in [1.82, 2.24) is 4.98 Å². The summed E-state index contributed by atoms with van der Waals surface area (Å²) in [6.07, 6.45) is -0.319. The summed E-state index contributed by atoms with van der Waals surface area (Å²) in [6, 6.07) is 0. The molecule has 11 heteroatoms. The van der Waals surface area contributed by atoms with Crippen LogP contribution < -0.4 is 10.5 Å². The Morgan fingerprint density at radius 2 is 1.96 bits per heavy atom. The summed E-state index contributed by atoms with van der Waals surface area (Å²) < 4.78 is 32.5. The number of hydrogen-bond donors (Lipinski definition) is 1. The van der Waals surface area contributed by atoms with E-state index in [-0.39, 0.29) is 16.8 Å². The van der Waals surface area contributed by atoms with E-state index in [1.807, 2.05) is 0 Å². The van der Waals surface area contributed by atoms with Gasteiger partial charge in [0.1, 0.15) is 16.1 Å². The first kappa shape index (κ1) is 17.5. The number of pyridine rings is 1. The molecule has 126 valence electrons. The molecular weight excluding hydrogens is 358 g/mol. The number of nitrogen functional groups attached to an aromatic ring is 1. The molecule has 1 aliphatic rings. The third kappa shape index (κ3) is 4.57. The molecule has 1 fully saturated rings. The molecule has 0 saturated carbocycles. The molecule has 1 aromatic rings. The van der Waals surface area contributed by atoms with Gasteiger partial charge in [-0.1, -0.05) is 23.2 Å². The molecule has 0 amide bonds. The van der Waals surface area contributed by atoms with Gasteiger partial charge in [0.15, 0.2) is 13.2 Å². The maximum absolute atomic E-state index is 13.3. The highest BCUT2D eigenvalue weighted by atomic mass is 35.5. The first-order chi connectivity index (χ1) is 10.9. The van der Waals surface area contributed by atoms with E-state index in [2.05, 4.69) is 9.72 Å². The van der Waals surface area contributed by atoms with Crippen LogP contribution in [0.3, 0.4) is 0 Å². The van der Waals surface area contributed by atoms with Gasteiger partial charge in [0.2, 0.25) is 11.8 Å². The van der Waals surface area contributed by atoms with Crippen molar-refractivity contribution in [2.75, 3.05) is 32.2 Å². The monoisotopic (exact) mass is 368 g/mol. The molecule has 23 heavy (non-hydrogen) atoms. The highest BCUT2D eigenvalue weighted by Crippen LogP contribution is 2.35. The maximum Gasteiger partial charge on any atom is 0.344 e. The molecule has 0 aliphatic carbocycles. The summed E-state index contributed by atoms with van der Waals surface area (Å²) in [5, 5.41) is -0.693. The van der Waals surface area contributed by atoms with Crippen molar-refractivity contribution in [3.63, 3.8) is 0 Å².